The van der Waals surface area contributed by atoms with Crippen LogP contribution in [0.2, 0.25) is 0 Å². The van der Waals surface area contributed by atoms with Gasteiger partial charge in [0, 0.05) is 29.3 Å². The van der Waals surface area contributed by atoms with Gasteiger partial charge in [0.2, 0.25) is 0 Å². The van der Waals surface area contributed by atoms with Crippen molar-refractivity contribution in [1.29, 1.82) is 0 Å². The lowest BCUT2D eigenvalue weighted by Gasteiger charge is -2.53. The van der Waals surface area contributed by atoms with Gasteiger partial charge in [-0.25, -0.2) is 4.79 Å². The highest BCUT2D eigenvalue weighted by Gasteiger charge is 2.55. The molecule has 0 unspecified atom stereocenters. The lowest BCUT2D eigenvalue weighted by atomic mass is 9.88. The van der Waals surface area contributed by atoms with E-state index >= 15 is 0 Å². The number of benzene rings is 3. The number of rotatable bonds is 5. The number of urea groups is 1. The second-order valence-electron chi connectivity index (χ2n) is 8.95. The zero-order valence-corrected chi connectivity index (χ0v) is 20.3. The van der Waals surface area contributed by atoms with Crippen molar-refractivity contribution in [3.8, 4) is 17.2 Å². The first kappa shape index (κ1) is 22.8. The molecule has 0 spiro atoms. The van der Waals surface area contributed by atoms with Crippen molar-refractivity contribution in [2.45, 2.75) is 38.5 Å². The highest BCUT2D eigenvalue weighted by molar-refractivity contribution is 6.10. The Hall–Kier alpha value is -4.00. The molecule has 0 aliphatic carbocycles. The SMILES string of the molecule is CCc1cccc(N2C(=O)N(C(=O)c3cc(OC)cc(OC)c3)[C@H]3C[C@]2(C)Oc2ccccc23)c1. The lowest BCUT2D eigenvalue weighted by molar-refractivity contribution is 0.00265. The summed E-state index contributed by atoms with van der Waals surface area (Å²) in [7, 11) is 3.05. The molecule has 1 saturated heterocycles. The smallest absolute Gasteiger partial charge is 0.335 e. The normalized spacial score (nSPS) is 20.7. The number of ether oxygens (including phenoxy) is 3. The van der Waals surface area contributed by atoms with Crippen molar-refractivity contribution in [3.63, 3.8) is 0 Å². The van der Waals surface area contributed by atoms with Gasteiger partial charge in [-0.05, 0) is 49.2 Å². The molecule has 0 aromatic heterocycles. The third kappa shape index (κ3) is 3.77. The van der Waals surface area contributed by atoms with Gasteiger partial charge < -0.3 is 14.2 Å². The molecular weight excluding hydrogens is 444 g/mol. The van der Waals surface area contributed by atoms with Gasteiger partial charge in [0.1, 0.15) is 17.2 Å². The minimum atomic E-state index is -0.953. The molecular formula is C28H28N2O5. The summed E-state index contributed by atoms with van der Waals surface area (Å²) in [6, 6.07) is 19.4. The van der Waals surface area contributed by atoms with Crippen LogP contribution in [0.5, 0.6) is 17.2 Å². The molecule has 3 aromatic carbocycles. The molecule has 0 saturated carbocycles. The Bertz CT molecular complexity index is 1280. The summed E-state index contributed by atoms with van der Waals surface area (Å²) in [5.74, 6) is 1.19. The number of imide groups is 1. The van der Waals surface area contributed by atoms with Crippen molar-refractivity contribution in [2.75, 3.05) is 19.1 Å². The van der Waals surface area contributed by atoms with E-state index in [0.717, 1.165) is 17.5 Å². The van der Waals surface area contributed by atoms with Crippen LogP contribution in [0.4, 0.5) is 10.5 Å². The average molecular weight is 473 g/mol. The van der Waals surface area contributed by atoms with Crippen LogP contribution in [0.3, 0.4) is 0 Å². The van der Waals surface area contributed by atoms with Gasteiger partial charge in [0.05, 0.1) is 20.3 Å². The van der Waals surface area contributed by atoms with Crippen molar-refractivity contribution >= 4 is 17.6 Å². The molecule has 5 rings (SSSR count). The second kappa shape index (κ2) is 8.65. The van der Waals surface area contributed by atoms with Gasteiger partial charge in [-0.15, -0.1) is 0 Å². The third-order valence-corrected chi connectivity index (χ3v) is 6.76. The van der Waals surface area contributed by atoms with Crippen molar-refractivity contribution < 1.29 is 23.8 Å². The van der Waals surface area contributed by atoms with Gasteiger partial charge in [-0.2, -0.15) is 0 Å². The minimum absolute atomic E-state index is 0.310. The highest BCUT2D eigenvalue weighted by Crippen LogP contribution is 2.49. The number of fused-ring (bicyclic) bond motifs is 4. The van der Waals surface area contributed by atoms with Crippen LogP contribution in [0, 0.1) is 0 Å². The first-order valence-corrected chi connectivity index (χ1v) is 11.7. The number of methoxy groups -OCH3 is 2. The van der Waals surface area contributed by atoms with Crippen molar-refractivity contribution in [2.24, 2.45) is 0 Å². The largest absolute Gasteiger partial charge is 0.497 e. The monoisotopic (exact) mass is 472 g/mol. The fourth-order valence-corrected chi connectivity index (χ4v) is 5.00. The van der Waals surface area contributed by atoms with E-state index in [0.29, 0.717) is 34.9 Å². The molecule has 2 atom stereocenters. The Balaban J connectivity index is 1.67. The standard InChI is InChI=1S/C28H28N2O5/c1-5-18-9-8-10-20(13-18)30-27(32)29(26(31)19-14-21(33-3)16-22(15-19)34-4)24-17-28(30,2)35-25-12-7-6-11-23(24)25/h6-16,24H,5,17H2,1-4H3/t24-,28-/m0/s1. The van der Waals surface area contributed by atoms with E-state index in [-0.39, 0.29) is 0 Å². The Morgan fingerprint density at radius 3 is 2.43 bits per heavy atom. The molecule has 3 aromatic rings. The Kier molecular flexibility index (Phi) is 5.63. The first-order valence-electron chi connectivity index (χ1n) is 11.7. The Labute approximate surface area is 204 Å². The molecule has 180 valence electrons. The number of hydrogen-bond donors (Lipinski definition) is 0. The predicted molar refractivity (Wildman–Crippen MR) is 132 cm³/mol. The van der Waals surface area contributed by atoms with Crippen LogP contribution in [-0.2, 0) is 6.42 Å². The van der Waals surface area contributed by atoms with Gasteiger partial charge in [0.15, 0.2) is 5.72 Å². The summed E-state index contributed by atoms with van der Waals surface area (Å²) in [6.45, 7) is 3.97. The van der Waals surface area contributed by atoms with E-state index in [2.05, 4.69) is 6.92 Å². The Morgan fingerprint density at radius 1 is 1.03 bits per heavy atom. The fourth-order valence-electron chi connectivity index (χ4n) is 5.00. The quantitative estimate of drug-likeness (QED) is 0.484. The maximum absolute atomic E-state index is 14.2. The number of aryl methyl sites for hydroxylation is 1. The molecule has 0 N–H and O–H groups in total. The minimum Gasteiger partial charge on any atom is -0.497 e. The zero-order chi connectivity index (χ0) is 24.7. The predicted octanol–water partition coefficient (Wildman–Crippen LogP) is 5.59. The number of amides is 3. The number of nitrogens with zero attached hydrogens (tertiary/aromatic N) is 2. The molecule has 7 heteroatoms. The van der Waals surface area contributed by atoms with E-state index in [9.17, 15) is 9.59 Å². The molecule has 2 bridgehead atoms. The molecule has 2 aliphatic heterocycles. The third-order valence-electron chi connectivity index (χ3n) is 6.76. The summed E-state index contributed by atoms with van der Waals surface area (Å²) in [4.78, 5) is 31.1. The maximum Gasteiger partial charge on any atom is 0.335 e. The second-order valence-corrected chi connectivity index (χ2v) is 8.95. The molecule has 2 heterocycles. The maximum atomic E-state index is 14.2. The van der Waals surface area contributed by atoms with Gasteiger partial charge in [-0.1, -0.05) is 37.3 Å². The van der Waals surface area contributed by atoms with Crippen LogP contribution in [0.25, 0.3) is 0 Å². The molecule has 7 nitrogen and oxygen atoms in total. The van der Waals surface area contributed by atoms with Crippen LogP contribution in [-0.4, -0.2) is 36.8 Å². The van der Waals surface area contributed by atoms with E-state index in [1.807, 2.05) is 55.5 Å². The summed E-state index contributed by atoms with van der Waals surface area (Å²) in [5, 5.41) is 0. The molecule has 0 radical (unpaired) electrons. The number of carbonyl (C=O) groups excluding carboxylic acids is 2. The summed E-state index contributed by atoms with van der Waals surface area (Å²) in [6.07, 6.45) is 1.25. The van der Waals surface area contributed by atoms with Gasteiger partial charge in [0.25, 0.3) is 5.91 Å². The van der Waals surface area contributed by atoms with E-state index in [1.165, 1.54) is 19.1 Å². The van der Waals surface area contributed by atoms with E-state index in [4.69, 9.17) is 14.2 Å². The number of hydrogen-bond acceptors (Lipinski definition) is 5. The molecule has 35 heavy (non-hydrogen) atoms. The molecule has 3 amide bonds. The summed E-state index contributed by atoms with van der Waals surface area (Å²) >= 11 is 0. The van der Waals surface area contributed by atoms with Crippen LogP contribution >= 0.6 is 0 Å². The van der Waals surface area contributed by atoms with Crippen molar-refractivity contribution in [1.82, 2.24) is 4.90 Å². The molecule has 1 fully saturated rings. The topological polar surface area (TPSA) is 68.3 Å². The number of para-hydroxylation sites is 1. The highest BCUT2D eigenvalue weighted by atomic mass is 16.5. The Morgan fingerprint density at radius 2 is 1.74 bits per heavy atom. The number of anilines is 1. The van der Waals surface area contributed by atoms with E-state index in [1.54, 1.807) is 23.1 Å². The van der Waals surface area contributed by atoms with Gasteiger partial charge in [-0.3, -0.25) is 14.6 Å². The average Bonchev–Trinajstić information content (AvgIpc) is 2.87. The van der Waals surface area contributed by atoms with Crippen LogP contribution in [0.15, 0.2) is 66.7 Å². The summed E-state index contributed by atoms with van der Waals surface area (Å²) < 4.78 is 17.2. The van der Waals surface area contributed by atoms with E-state index < -0.39 is 23.7 Å². The fraction of sp³-hybridized carbons (Fsp3) is 0.286. The molecule has 2 aliphatic rings. The first-order chi connectivity index (χ1) is 16.9. The van der Waals surface area contributed by atoms with Crippen LogP contribution in [0.1, 0.15) is 47.8 Å². The van der Waals surface area contributed by atoms with Crippen molar-refractivity contribution in [3.05, 3.63) is 83.4 Å². The number of carbonyl (C=O) groups is 2. The van der Waals surface area contributed by atoms with Crippen LogP contribution < -0.4 is 19.1 Å². The lowest BCUT2D eigenvalue weighted by Crippen LogP contribution is -2.67. The zero-order valence-electron chi connectivity index (χ0n) is 20.3. The van der Waals surface area contributed by atoms with Gasteiger partial charge >= 0.3 is 6.03 Å². The summed E-state index contributed by atoms with van der Waals surface area (Å²) in [5.41, 5.74) is 1.95.